The molecule has 2 atom stereocenters. The normalized spacial score (nSPS) is 19.9. The Labute approximate surface area is 157 Å². The number of aryl methyl sites for hydroxylation is 1. The van der Waals surface area contributed by atoms with Crippen LogP contribution in [0.25, 0.3) is 10.9 Å². The number of methoxy groups -OCH3 is 1. The van der Waals surface area contributed by atoms with Crippen LogP contribution in [0.2, 0.25) is 0 Å². The zero-order valence-electron chi connectivity index (χ0n) is 15.5. The molecule has 1 fully saturated rings. The second-order valence-corrected chi connectivity index (χ2v) is 6.90. The zero-order chi connectivity index (χ0) is 18.8. The smallest absolute Gasteiger partial charge is 0.210 e. The maximum atomic E-state index is 11.6. The summed E-state index contributed by atoms with van der Waals surface area (Å²) in [5.41, 5.74) is 3.01. The quantitative estimate of drug-likeness (QED) is 0.679. The minimum Gasteiger partial charge on any atom is -0.497 e. The number of nitrogens with one attached hydrogen (secondary N) is 2. The number of rotatable bonds is 5. The highest BCUT2D eigenvalue weighted by molar-refractivity contribution is 5.91. The zero-order valence-corrected chi connectivity index (χ0v) is 15.5. The molecule has 0 saturated carbocycles. The van der Waals surface area contributed by atoms with Crippen LogP contribution in [0.1, 0.15) is 30.1 Å². The number of pyridine rings is 1. The number of ether oxygens (including phenoxy) is 1. The highest BCUT2D eigenvalue weighted by Crippen LogP contribution is 2.33. The number of hydrogen-bond acceptors (Lipinski definition) is 5. The molecule has 3 heterocycles. The van der Waals surface area contributed by atoms with E-state index in [9.17, 15) is 4.79 Å². The van der Waals surface area contributed by atoms with E-state index in [2.05, 4.69) is 20.5 Å². The number of anilines is 1. The third kappa shape index (κ3) is 3.32. The Balaban J connectivity index is 1.57. The van der Waals surface area contributed by atoms with Gasteiger partial charge in [0.1, 0.15) is 11.6 Å². The van der Waals surface area contributed by atoms with Crippen molar-refractivity contribution < 1.29 is 9.53 Å². The SMILES string of the molecule is COc1ccc(C2CC(Nc3nccc4n[nH]c(C)c34)CCN2C=O)cc1. The first kappa shape index (κ1) is 17.3. The van der Waals surface area contributed by atoms with Crippen molar-refractivity contribution in [1.82, 2.24) is 20.1 Å². The van der Waals surface area contributed by atoms with Crippen molar-refractivity contribution in [3.8, 4) is 5.75 Å². The van der Waals surface area contributed by atoms with E-state index >= 15 is 0 Å². The fraction of sp³-hybridized carbons (Fsp3) is 0.350. The number of piperidine rings is 1. The number of nitrogens with zero attached hydrogens (tertiary/aromatic N) is 3. The van der Waals surface area contributed by atoms with Gasteiger partial charge in [-0.1, -0.05) is 12.1 Å². The Kier molecular flexibility index (Phi) is 4.66. The molecule has 0 spiro atoms. The van der Waals surface area contributed by atoms with Crippen LogP contribution in [0.15, 0.2) is 36.5 Å². The minimum absolute atomic E-state index is 0.0318. The van der Waals surface area contributed by atoms with Crippen LogP contribution >= 0.6 is 0 Å². The number of aromatic nitrogens is 3. The lowest BCUT2D eigenvalue weighted by atomic mass is 9.92. The van der Waals surface area contributed by atoms with Crippen molar-refractivity contribution in [3.63, 3.8) is 0 Å². The summed E-state index contributed by atoms with van der Waals surface area (Å²) in [5.74, 6) is 1.66. The maximum absolute atomic E-state index is 11.6. The van der Waals surface area contributed by atoms with Crippen LogP contribution in [-0.4, -0.2) is 46.2 Å². The van der Waals surface area contributed by atoms with Gasteiger partial charge >= 0.3 is 0 Å². The van der Waals surface area contributed by atoms with Crippen molar-refractivity contribution in [2.75, 3.05) is 19.0 Å². The van der Waals surface area contributed by atoms with E-state index in [1.54, 1.807) is 13.3 Å². The molecule has 3 aromatic rings. The maximum Gasteiger partial charge on any atom is 0.210 e. The molecule has 1 aliphatic heterocycles. The van der Waals surface area contributed by atoms with Crippen LogP contribution < -0.4 is 10.1 Å². The molecule has 1 amide bonds. The molecule has 1 saturated heterocycles. The van der Waals surface area contributed by atoms with Crippen LogP contribution in [0.4, 0.5) is 5.82 Å². The molecular weight excluding hydrogens is 342 g/mol. The first-order valence-corrected chi connectivity index (χ1v) is 9.11. The van der Waals surface area contributed by atoms with Crippen LogP contribution in [0, 0.1) is 6.92 Å². The number of hydrogen-bond donors (Lipinski definition) is 2. The minimum atomic E-state index is 0.0318. The van der Waals surface area contributed by atoms with Crippen molar-refractivity contribution in [3.05, 3.63) is 47.8 Å². The predicted octanol–water partition coefficient (Wildman–Crippen LogP) is 3.05. The molecule has 1 aliphatic rings. The number of benzene rings is 1. The molecule has 7 heteroatoms. The Bertz CT molecular complexity index is 937. The van der Waals surface area contributed by atoms with Gasteiger partial charge in [0.15, 0.2) is 0 Å². The Morgan fingerprint density at radius 2 is 2.11 bits per heavy atom. The Hall–Kier alpha value is -3.09. The molecule has 2 aromatic heterocycles. The molecule has 4 rings (SSSR count). The number of H-pyrrole nitrogens is 1. The van der Waals surface area contributed by atoms with E-state index in [1.165, 1.54) is 0 Å². The molecule has 2 N–H and O–H groups in total. The van der Waals surface area contributed by atoms with Gasteiger partial charge in [0.05, 0.1) is 24.1 Å². The lowest BCUT2D eigenvalue weighted by molar-refractivity contribution is -0.121. The van der Waals surface area contributed by atoms with Crippen molar-refractivity contribution in [2.45, 2.75) is 31.8 Å². The third-order valence-electron chi connectivity index (χ3n) is 5.27. The summed E-state index contributed by atoms with van der Waals surface area (Å²) in [4.78, 5) is 18.0. The number of aromatic amines is 1. The van der Waals surface area contributed by atoms with E-state index in [0.29, 0.717) is 6.54 Å². The number of fused-ring (bicyclic) bond motifs is 1. The van der Waals surface area contributed by atoms with Crippen molar-refractivity contribution in [1.29, 1.82) is 0 Å². The number of amides is 1. The van der Waals surface area contributed by atoms with Crippen molar-refractivity contribution in [2.24, 2.45) is 0 Å². The van der Waals surface area contributed by atoms with Crippen LogP contribution in [-0.2, 0) is 4.79 Å². The summed E-state index contributed by atoms with van der Waals surface area (Å²) in [7, 11) is 1.65. The largest absolute Gasteiger partial charge is 0.497 e. The number of carbonyl (C=O) groups excluding carboxylic acids is 1. The summed E-state index contributed by atoms with van der Waals surface area (Å²) >= 11 is 0. The van der Waals surface area contributed by atoms with E-state index in [0.717, 1.165) is 53.0 Å². The molecule has 1 aromatic carbocycles. The van der Waals surface area contributed by atoms with Gasteiger partial charge in [0.25, 0.3) is 0 Å². The highest BCUT2D eigenvalue weighted by atomic mass is 16.5. The lowest BCUT2D eigenvalue weighted by Crippen LogP contribution is -2.41. The molecule has 0 aliphatic carbocycles. The molecule has 2 unspecified atom stereocenters. The predicted molar refractivity (Wildman–Crippen MR) is 104 cm³/mol. The second-order valence-electron chi connectivity index (χ2n) is 6.90. The molecule has 0 bridgehead atoms. The summed E-state index contributed by atoms with van der Waals surface area (Å²) in [6.07, 6.45) is 4.41. The van der Waals surface area contributed by atoms with Gasteiger partial charge < -0.3 is 15.0 Å². The van der Waals surface area contributed by atoms with Gasteiger partial charge in [-0.15, -0.1) is 0 Å². The average molecular weight is 365 g/mol. The third-order valence-corrected chi connectivity index (χ3v) is 5.27. The monoisotopic (exact) mass is 365 g/mol. The Morgan fingerprint density at radius 1 is 1.30 bits per heavy atom. The van der Waals surface area contributed by atoms with Crippen LogP contribution in [0.3, 0.4) is 0 Å². The first-order valence-electron chi connectivity index (χ1n) is 9.11. The van der Waals surface area contributed by atoms with Gasteiger partial charge in [-0.05, 0) is 43.5 Å². The first-order chi connectivity index (χ1) is 13.2. The average Bonchev–Trinajstić information content (AvgIpc) is 3.10. The fourth-order valence-corrected chi connectivity index (χ4v) is 3.81. The summed E-state index contributed by atoms with van der Waals surface area (Å²) < 4.78 is 5.24. The van der Waals surface area contributed by atoms with Crippen LogP contribution in [0.5, 0.6) is 5.75 Å². The van der Waals surface area contributed by atoms with Gasteiger partial charge in [-0.2, -0.15) is 5.10 Å². The Morgan fingerprint density at radius 3 is 2.85 bits per heavy atom. The van der Waals surface area contributed by atoms with Gasteiger partial charge in [0, 0.05) is 24.5 Å². The van der Waals surface area contributed by atoms with E-state index < -0.39 is 0 Å². The lowest BCUT2D eigenvalue weighted by Gasteiger charge is -2.38. The van der Waals surface area contributed by atoms with Crippen molar-refractivity contribution >= 4 is 23.1 Å². The molecule has 0 radical (unpaired) electrons. The summed E-state index contributed by atoms with van der Waals surface area (Å²) in [6, 6.07) is 10.1. The number of likely N-dealkylation sites (tertiary alicyclic amines) is 1. The highest BCUT2D eigenvalue weighted by Gasteiger charge is 2.29. The fourth-order valence-electron chi connectivity index (χ4n) is 3.81. The molecule has 27 heavy (non-hydrogen) atoms. The molecule has 7 nitrogen and oxygen atoms in total. The van der Waals surface area contributed by atoms with Gasteiger partial charge in [0.2, 0.25) is 6.41 Å². The van der Waals surface area contributed by atoms with Gasteiger partial charge in [-0.25, -0.2) is 4.98 Å². The topological polar surface area (TPSA) is 83.1 Å². The molecule has 140 valence electrons. The van der Waals surface area contributed by atoms with Gasteiger partial charge in [-0.3, -0.25) is 9.89 Å². The summed E-state index contributed by atoms with van der Waals surface area (Å²) in [6.45, 7) is 2.70. The van der Waals surface area contributed by atoms with E-state index in [1.807, 2.05) is 42.2 Å². The molecular formula is C20H23N5O2. The second kappa shape index (κ2) is 7.26. The number of carbonyl (C=O) groups is 1. The van der Waals surface area contributed by atoms with E-state index in [4.69, 9.17) is 4.74 Å². The standard InChI is InChI=1S/C20H23N5O2/c1-13-19-17(24-23-13)7-9-21-20(19)22-15-8-10-25(12-26)18(11-15)14-3-5-16(27-2)6-4-14/h3-7,9,12,15,18H,8,10-11H2,1-2H3,(H,21,22)(H,23,24). The van der Waals surface area contributed by atoms with E-state index in [-0.39, 0.29) is 12.1 Å². The summed E-state index contributed by atoms with van der Waals surface area (Å²) in [5, 5.41) is 11.9.